The summed E-state index contributed by atoms with van der Waals surface area (Å²) in [6.45, 7) is 0. The normalized spacial score (nSPS) is 12.6. The summed E-state index contributed by atoms with van der Waals surface area (Å²) in [5, 5.41) is 3.01. The number of nitrogens with one attached hydrogen (secondary N) is 1. The summed E-state index contributed by atoms with van der Waals surface area (Å²) in [7, 11) is 0. The number of benzene rings is 1. The molecule has 0 aliphatic rings. The molecule has 1 aromatic carbocycles. The Bertz CT molecular complexity index is 504. The van der Waals surface area contributed by atoms with Gasteiger partial charge in [-0.2, -0.15) is 0 Å². The van der Waals surface area contributed by atoms with E-state index in [-0.39, 0.29) is 16.9 Å². The third-order valence-electron chi connectivity index (χ3n) is 2.64. The smallest absolute Gasteiger partial charge is 0.145 e. The SMILES string of the molecule is NNC(Cc1nccs1)Cc1cccc(Cl)c1F. The van der Waals surface area contributed by atoms with Crippen molar-refractivity contribution in [2.45, 2.75) is 18.9 Å². The Morgan fingerprint density at radius 2 is 2.28 bits per heavy atom. The lowest BCUT2D eigenvalue weighted by atomic mass is 10.0. The summed E-state index contributed by atoms with van der Waals surface area (Å²) in [4.78, 5) is 4.19. The van der Waals surface area contributed by atoms with E-state index in [0.29, 0.717) is 18.4 Å². The Labute approximate surface area is 114 Å². The van der Waals surface area contributed by atoms with Crippen molar-refractivity contribution < 1.29 is 4.39 Å². The minimum Gasteiger partial charge on any atom is -0.271 e. The van der Waals surface area contributed by atoms with Gasteiger partial charge in [0.15, 0.2) is 0 Å². The van der Waals surface area contributed by atoms with Crippen molar-refractivity contribution in [1.82, 2.24) is 10.4 Å². The first-order chi connectivity index (χ1) is 8.70. The highest BCUT2D eigenvalue weighted by Crippen LogP contribution is 2.20. The summed E-state index contributed by atoms with van der Waals surface area (Å²) in [6, 6.07) is 4.92. The predicted molar refractivity (Wildman–Crippen MR) is 72.0 cm³/mol. The third kappa shape index (κ3) is 3.26. The summed E-state index contributed by atoms with van der Waals surface area (Å²) in [5.41, 5.74) is 3.25. The van der Waals surface area contributed by atoms with Gasteiger partial charge in [-0.25, -0.2) is 9.37 Å². The van der Waals surface area contributed by atoms with E-state index in [2.05, 4.69) is 10.4 Å². The van der Waals surface area contributed by atoms with Gasteiger partial charge in [-0.3, -0.25) is 11.3 Å². The van der Waals surface area contributed by atoms with Crippen molar-refractivity contribution in [2.75, 3.05) is 0 Å². The van der Waals surface area contributed by atoms with Crippen LogP contribution >= 0.6 is 22.9 Å². The quantitative estimate of drug-likeness (QED) is 0.656. The fourth-order valence-electron chi connectivity index (χ4n) is 1.73. The van der Waals surface area contributed by atoms with Gasteiger partial charge < -0.3 is 0 Å². The number of hydrogen-bond acceptors (Lipinski definition) is 4. The Balaban J connectivity index is 2.08. The van der Waals surface area contributed by atoms with Crippen LogP contribution in [-0.4, -0.2) is 11.0 Å². The van der Waals surface area contributed by atoms with Gasteiger partial charge in [-0.15, -0.1) is 11.3 Å². The molecule has 0 fully saturated rings. The zero-order valence-electron chi connectivity index (χ0n) is 9.57. The maximum absolute atomic E-state index is 13.8. The second-order valence-corrected chi connectivity index (χ2v) is 5.30. The summed E-state index contributed by atoms with van der Waals surface area (Å²) < 4.78 is 13.8. The molecule has 18 heavy (non-hydrogen) atoms. The van der Waals surface area contributed by atoms with E-state index in [0.717, 1.165) is 5.01 Å². The molecule has 0 aliphatic heterocycles. The molecule has 0 spiro atoms. The van der Waals surface area contributed by atoms with E-state index in [4.69, 9.17) is 17.4 Å². The Morgan fingerprint density at radius 1 is 1.44 bits per heavy atom. The van der Waals surface area contributed by atoms with Gasteiger partial charge >= 0.3 is 0 Å². The van der Waals surface area contributed by atoms with Crippen molar-refractivity contribution >= 4 is 22.9 Å². The van der Waals surface area contributed by atoms with Gasteiger partial charge in [0.25, 0.3) is 0 Å². The largest absolute Gasteiger partial charge is 0.271 e. The Morgan fingerprint density at radius 3 is 2.94 bits per heavy atom. The van der Waals surface area contributed by atoms with Crippen LogP contribution in [0.4, 0.5) is 4.39 Å². The highest BCUT2D eigenvalue weighted by Gasteiger charge is 2.14. The summed E-state index contributed by atoms with van der Waals surface area (Å²) in [5.74, 6) is 5.12. The minimum absolute atomic E-state index is 0.0656. The highest BCUT2D eigenvalue weighted by atomic mass is 35.5. The standard InChI is InChI=1S/C12H13ClFN3S/c13-10-3-1-2-8(12(10)14)6-9(17-15)7-11-16-4-5-18-11/h1-5,9,17H,6-7,15H2. The molecule has 1 atom stereocenters. The fraction of sp³-hybridized carbons (Fsp3) is 0.250. The second kappa shape index (κ2) is 6.24. The van der Waals surface area contributed by atoms with Crippen LogP contribution in [0.5, 0.6) is 0 Å². The third-order valence-corrected chi connectivity index (χ3v) is 3.73. The fourth-order valence-corrected chi connectivity index (χ4v) is 2.62. The zero-order chi connectivity index (χ0) is 13.0. The number of thiazole rings is 1. The molecule has 1 aromatic heterocycles. The lowest BCUT2D eigenvalue weighted by Crippen LogP contribution is -2.38. The van der Waals surface area contributed by atoms with Crippen molar-refractivity contribution in [3.8, 4) is 0 Å². The maximum Gasteiger partial charge on any atom is 0.145 e. The topological polar surface area (TPSA) is 50.9 Å². The van der Waals surface area contributed by atoms with Crippen molar-refractivity contribution in [3.63, 3.8) is 0 Å². The highest BCUT2D eigenvalue weighted by molar-refractivity contribution is 7.09. The van der Waals surface area contributed by atoms with Gasteiger partial charge in [0, 0.05) is 24.0 Å². The molecule has 3 nitrogen and oxygen atoms in total. The first kappa shape index (κ1) is 13.4. The van der Waals surface area contributed by atoms with Gasteiger partial charge in [-0.05, 0) is 18.1 Å². The van der Waals surface area contributed by atoms with Gasteiger partial charge in [-0.1, -0.05) is 23.7 Å². The van der Waals surface area contributed by atoms with E-state index >= 15 is 0 Å². The monoisotopic (exact) mass is 285 g/mol. The Hall–Kier alpha value is -1.01. The molecule has 0 saturated heterocycles. The van der Waals surface area contributed by atoms with Crippen LogP contribution in [-0.2, 0) is 12.8 Å². The van der Waals surface area contributed by atoms with Gasteiger partial charge in [0.1, 0.15) is 5.82 Å². The number of nitrogens with zero attached hydrogens (tertiary/aromatic N) is 1. The van der Waals surface area contributed by atoms with Crippen LogP contribution in [0.15, 0.2) is 29.8 Å². The molecule has 2 rings (SSSR count). The number of hydrazine groups is 1. The predicted octanol–water partition coefficient (Wildman–Crippen LogP) is 2.55. The molecule has 0 aliphatic carbocycles. The van der Waals surface area contributed by atoms with Crippen LogP contribution in [0.2, 0.25) is 5.02 Å². The van der Waals surface area contributed by atoms with Crippen LogP contribution in [0.1, 0.15) is 10.6 Å². The molecule has 0 amide bonds. The number of halogens is 2. The molecule has 96 valence electrons. The molecular formula is C12H13ClFN3S. The molecule has 2 aromatic rings. The maximum atomic E-state index is 13.8. The molecular weight excluding hydrogens is 273 g/mol. The lowest BCUT2D eigenvalue weighted by Gasteiger charge is -2.15. The first-order valence-electron chi connectivity index (χ1n) is 5.48. The average molecular weight is 286 g/mol. The van der Waals surface area contributed by atoms with E-state index in [1.807, 2.05) is 5.38 Å². The van der Waals surface area contributed by atoms with E-state index in [9.17, 15) is 4.39 Å². The number of aromatic nitrogens is 1. The number of rotatable bonds is 5. The van der Waals surface area contributed by atoms with Crippen LogP contribution in [0.25, 0.3) is 0 Å². The number of hydrogen-bond donors (Lipinski definition) is 2. The van der Waals surface area contributed by atoms with E-state index < -0.39 is 0 Å². The summed E-state index contributed by atoms with van der Waals surface area (Å²) in [6.07, 6.45) is 2.89. The van der Waals surface area contributed by atoms with Crippen molar-refractivity contribution in [1.29, 1.82) is 0 Å². The van der Waals surface area contributed by atoms with Gasteiger partial charge in [0.2, 0.25) is 0 Å². The molecule has 0 saturated carbocycles. The van der Waals surface area contributed by atoms with Crippen molar-refractivity contribution in [2.24, 2.45) is 5.84 Å². The molecule has 3 N–H and O–H groups in total. The van der Waals surface area contributed by atoms with Crippen LogP contribution < -0.4 is 11.3 Å². The zero-order valence-corrected chi connectivity index (χ0v) is 11.1. The van der Waals surface area contributed by atoms with Crippen molar-refractivity contribution in [3.05, 3.63) is 51.2 Å². The second-order valence-electron chi connectivity index (χ2n) is 3.91. The molecule has 1 unspecified atom stereocenters. The molecule has 6 heteroatoms. The van der Waals surface area contributed by atoms with Gasteiger partial charge in [0.05, 0.1) is 10.0 Å². The molecule has 0 bridgehead atoms. The van der Waals surface area contributed by atoms with Crippen LogP contribution in [0, 0.1) is 5.82 Å². The Kier molecular flexibility index (Phi) is 4.66. The summed E-state index contributed by atoms with van der Waals surface area (Å²) >= 11 is 7.30. The lowest BCUT2D eigenvalue weighted by molar-refractivity contribution is 0.506. The first-order valence-corrected chi connectivity index (χ1v) is 6.74. The average Bonchev–Trinajstić information content (AvgIpc) is 2.86. The molecule has 0 radical (unpaired) electrons. The van der Waals surface area contributed by atoms with E-state index in [1.165, 1.54) is 6.07 Å². The minimum atomic E-state index is -0.376. The van der Waals surface area contributed by atoms with Crippen LogP contribution in [0.3, 0.4) is 0 Å². The molecule has 1 heterocycles. The number of nitrogens with two attached hydrogens (primary N) is 1. The van der Waals surface area contributed by atoms with E-state index in [1.54, 1.807) is 29.7 Å².